The molecule has 0 aliphatic heterocycles. The van der Waals surface area contributed by atoms with E-state index >= 15 is 0 Å². The fourth-order valence-corrected chi connectivity index (χ4v) is 3.18. The minimum atomic E-state index is -0.126. The number of aliphatic hydroxyl groups is 1. The number of nitrogens with two attached hydrogens (primary N) is 1. The molecule has 1 heterocycles. The molecule has 0 unspecified atom stereocenters. The van der Waals surface area contributed by atoms with E-state index in [1.807, 2.05) is 0 Å². The number of aromatic nitrogens is 1. The minimum absolute atomic E-state index is 0.0907. The van der Waals surface area contributed by atoms with Gasteiger partial charge in [0.2, 0.25) is 0 Å². The largest absolute Gasteiger partial charge is 0.393 e. The van der Waals surface area contributed by atoms with Crippen LogP contribution in [0, 0.1) is 13.8 Å². The van der Waals surface area contributed by atoms with Crippen molar-refractivity contribution >= 4 is 0 Å². The second-order valence-electron chi connectivity index (χ2n) is 5.19. The molecule has 0 aromatic carbocycles. The number of hydrogen-bond donors (Lipinski definition) is 3. The molecule has 4 N–H and O–H groups in total. The van der Waals surface area contributed by atoms with E-state index in [-0.39, 0.29) is 11.5 Å². The van der Waals surface area contributed by atoms with Crippen molar-refractivity contribution in [3.05, 3.63) is 23.0 Å². The highest BCUT2D eigenvalue weighted by Crippen LogP contribution is 2.41. The Hall–Kier alpha value is -0.800. The number of H-pyrrole nitrogens is 1. The third kappa shape index (κ3) is 1.78. The summed E-state index contributed by atoms with van der Waals surface area (Å²) in [6.07, 6.45) is 5.70. The quantitative estimate of drug-likeness (QED) is 0.714. The van der Waals surface area contributed by atoms with Gasteiger partial charge in [-0.2, -0.15) is 0 Å². The van der Waals surface area contributed by atoms with Gasteiger partial charge in [-0.15, -0.1) is 0 Å². The summed E-state index contributed by atoms with van der Waals surface area (Å²) in [5.41, 5.74) is 10.0. The van der Waals surface area contributed by atoms with Gasteiger partial charge in [0.1, 0.15) is 0 Å². The monoisotopic (exact) mass is 222 g/mol. The Morgan fingerprint density at radius 2 is 2.06 bits per heavy atom. The van der Waals surface area contributed by atoms with E-state index in [2.05, 4.69) is 25.0 Å². The highest BCUT2D eigenvalue weighted by Gasteiger charge is 2.37. The highest BCUT2D eigenvalue weighted by molar-refractivity contribution is 5.37. The Kier molecular flexibility index (Phi) is 3.08. The number of aromatic amines is 1. The molecular formula is C13H22N2O. The molecular weight excluding hydrogens is 200 g/mol. The van der Waals surface area contributed by atoms with Gasteiger partial charge >= 0.3 is 0 Å². The topological polar surface area (TPSA) is 62.0 Å². The van der Waals surface area contributed by atoms with E-state index in [1.165, 1.54) is 16.8 Å². The standard InChI is InChI=1S/C13H22N2O/c1-9-7-15-10(2)12(9)13(8-14)5-3-11(16)4-6-13/h7,11,15-16H,3-6,8,14H2,1-2H3. The Balaban J connectivity index is 2.35. The van der Waals surface area contributed by atoms with E-state index in [9.17, 15) is 5.11 Å². The summed E-state index contributed by atoms with van der Waals surface area (Å²) in [7, 11) is 0. The van der Waals surface area contributed by atoms with Crippen LogP contribution in [0.3, 0.4) is 0 Å². The van der Waals surface area contributed by atoms with Crippen molar-refractivity contribution in [2.75, 3.05) is 6.54 Å². The predicted molar refractivity (Wildman–Crippen MR) is 65.5 cm³/mol. The summed E-state index contributed by atoms with van der Waals surface area (Å²) in [4.78, 5) is 3.29. The first-order valence-electron chi connectivity index (χ1n) is 6.12. The van der Waals surface area contributed by atoms with Crippen LogP contribution in [0.25, 0.3) is 0 Å². The molecule has 1 aliphatic carbocycles. The molecule has 0 amide bonds. The molecule has 16 heavy (non-hydrogen) atoms. The van der Waals surface area contributed by atoms with Crippen molar-refractivity contribution in [1.29, 1.82) is 0 Å². The third-order valence-corrected chi connectivity index (χ3v) is 4.11. The first-order chi connectivity index (χ1) is 7.59. The van der Waals surface area contributed by atoms with E-state index in [0.717, 1.165) is 25.7 Å². The van der Waals surface area contributed by atoms with Gasteiger partial charge < -0.3 is 15.8 Å². The van der Waals surface area contributed by atoms with Crippen LogP contribution in [0.5, 0.6) is 0 Å². The van der Waals surface area contributed by atoms with Crippen LogP contribution in [-0.4, -0.2) is 22.7 Å². The predicted octanol–water partition coefficient (Wildman–Crippen LogP) is 1.76. The zero-order valence-electron chi connectivity index (χ0n) is 10.2. The molecule has 2 rings (SSSR count). The number of aryl methyl sites for hydroxylation is 2. The van der Waals surface area contributed by atoms with E-state index in [1.54, 1.807) is 0 Å². The van der Waals surface area contributed by atoms with E-state index < -0.39 is 0 Å². The smallest absolute Gasteiger partial charge is 0.0541 e. The fraction of sp³-hybridized carbons (Fsp3) is 0.692. The lowest BCUT2D eigenvalue weighted by atomic mass is 9.67. The average Bonchev–Trinajstić information content (AvgIpc) is 2.62. The van der Waals surface area contributed by atoms with Crippen molar-refractivity contribution < 1.29 is 5.11 Å². The van der Waals surface area contributed by atoms with Crippen LogP contribution in [0.4, 0.5) is 0 Å². The summed E-state index contributed by atoms with van der Waals surface area (Å²) >= 11 is 0. The van der Waals surface area contributed by atoms with Gasteiger partial charge in [0.25, 0.3) is 0 Å². The Labute approximate surface area is 97.1 Å². The lowest BCUT2D eigenvalue weighted by Crippen LogP contribution is -2.40. The summed E-state index contributed by atoms with van der Waals surface area (Å²) in [5, 5.41) is 9.62. The molecule has 1 aromatic heterocycles. The second-order valence-corrected chi connectivity index (χ2v) is 5.19. The minimum Gasteiger partial charge on any atom is -0.393 e. The molecule has 0 bridgehead atoms. The molecule has 0 atom stereocenters. The number of nitrogens with one attached hydrogen (secondary N) is 1. The Bertz CT molecular complexity index is 343. The van der Waals surface area contributed by atoms with Crippen molar-refractivity contribution in [3.63, 3.8) is 0 Å². The summed E-state index contributed by atoms with van der Waals surface area (Å²) in [6, 6.07) is 0. The van der Waals surface area contributed by atoms with Gasteiger partial charge in [0.15, 0.2) is 0 Å². The Morgan fingerprint density at radius 3 is 2.50 bits per heavy atom. The molecule has 1 aromatic rings. The normalized spacial score (nSPS) is 30.6. The lowest BCUT2D eigenvalue weighted by molar-refractivity contribution is 0.0971. The van der Waals surface area contributed by atoms with Crippen LogP contribution in [0.2, 0.25) is 0 Å². The van der Waals surface area contributed by atoms with Crippen LogP contribution in [0.15, 0.2) is 6.20 Å². The summed E-state index contributed by atoms with van der Waals surface area (Å²) < 4.78 is 0. The maximum Gasteiger partial charge on any atom is 0.0541 e. The highest BCUT2D eigenvalue weighted by atomic mass is 16.3. The summed E-state index contributed by atoms with van der Waals surface area (Å²) in [6.45, 7) is 4.94. The molecule has 1 fully saturated rings. The molecule has 0 spiro atoms. The van der Waals surface area contributed by atoms with Gasteiger partial charge in [-0.1, -0.05) is 0 Å². The molecule has 90 valence electrons. The first kappa shape index (κ1) is 11.7. The van der Waals surface area contributed by atoms with Crippen molar-refractivity contribution in [2.24, 2.45) is 5.73 Å². The van der Waals surface area contributed by atoms with Crippen LogP contribution in [0.1, 0.15) is 42.5 Å². The molecule has 3 heteroatoms. The zero-order valence-corrected chi connectivity index (χ0v) is 10.2. The second kappa shape index (κ2) is 4.22. The summed E-state index contributed by atoms with van der Waals surface area (Å²) in [5.74, 6) is 0. The van der Waals surface area contributed by atoms with Crippen LogP contribution in [-0.2, 0) is 5.41 Å². The van der Waals surface area contributed by atoms with Gasteiger partial charge in [0, 0.05) is 23.9 Å². The fourth-order valence-electron chi connectivity index (χ4n) is 3.18. The zero-order chi connectivity index (χ0) is 11.8. The van der Waals surface area contributed by atoms with E-state index in [0.29, 0.717) is 6.54 Å². The maximum atomic E-state index is 9.62. The number of hydrogen-bond acceptors (Lipinski definition) is 2. The van der Waals surface area contributed by atoms with Crippen molar-refractivity contribution in [3.8, 4) is 0 Å². The lowest BCUT2D eigenvalue weighted by Gasteiger charge is -2.39. The van der Waals surface area contributed by atoms with Crippen LogP contribution >= 0.6 is 0 Å². The Morgan fingerprint density at radius 1 is 1.44 bits per heavy atom. The van der Waals surface area contributed by atoms with Crippen LogP contribution < -0.4 is 5.73 Å². The number of rotatable bonds is 2. The number of aliphatic hydroxyl groups excluding tert-OH is 1. The van der Waals surface area contributed by atoms with Gasteiger partial charge in [-0.3, -0.25) is 0 Å². The van der Waals surface area contributed by atoms with E-state index in [4.69, 9.17) is 5.73 Å². The maximum absolute atomic E-state index is 9.62. The van der Waals surface area contributed by atoms with Crippen molar-refractivity contribution in [1.82, 2.24) is 4.98 Å². The first-order valence-corrected chi connectivity index (χ1v) is 6.12. The van der Waals surface area contributed by atoms with Crippen molar-refractivity contribution in [2.45, 2.75) is 51.0 Å². The van der Waals surface area contributed by atoms with Gasteiger partial charge in [0.05, 0.1) is 6.10 Å². The molecule has 1 aliphatic rings. The molecule has 3 nitrogen and oxygen atoms in total. The van der Waals surface area contributed by atoms with Gasteiger partial charge in [-0.05, 0) is 50.7 Å². The molecule has 0 saturated heterocycles. The molecule has 0 radical (unpaired) electrons. The SMILES string of the molecule is Cc1c[nH]c(C)c1C1(CN)CCC(O)CC1. The average molecular weight is 222 g/mol. The molecule has 1 saturated carbocycles. The third-order valence-electron chi connectivity index (χ3n) is 4.11. The van der Waals surface area contributed by atoms with Gasteiger partial charge in [-0.25, -0.2) is 0 Å².